The van der Waals surface area contributed by atoms with Crippen molar-refractivity contribution in [2.45, 2.75) is 13.3 Å². The van der Waals surface area contributed by atoms with E-state index in [2.05, 4.69) is 17.4 Å². The lowest BCUT2D eigenvalue weighted by molar-refractivity contribution is -0.118. The summed E-state index contributed by atoms with van der Waals surface area (Å²) in [5, 5.41) is 6.50. The summed E-state index contributed by atoms with van der Waals surface area (Å²) in [6, 6.07) is 15.2. The largest absolute Gasteiger partial charge is 0.484 e. The summed E-state index contributed by atoms with van der Waals surface area (Å²) >= 11 is 0. The minimum atomic E-state index is -0.424. The zero-order valence-electron chi connectivity index (χ0n) is 13.7. The van der Waals surface area contributed by atoms with E-state index < -0.39 is 11.7 Å². The second kappa shape index (κ2) is 7.61. The highest BCUT2D eigenvalue weighted by molar-refractivity contribution is 5.91. The second-order valence-electron chi connectivity index (χ2n) is 5.42. The number of nitrogens with one attached hydrogen (secondary N) is 1. The van der Waals surface area contributed by atoms with Gasteiger partial charge in [-0.05, 0) is 24.1 Å². The van der Waals surface area contributed by atoms with Crippen molar-refractivity contribution in [3.63, 3.8) is 0 Å². The van der Waals surface area contributed by atoms with E-state index in [4.69, 9.17) is 9.26 Å². The van der Waals surface area contributed by atoms with Gasteiger partial charge >= 0.3 is 0 Å². The Morgan fingerprint density at radius 2 is 2.00 bits per heavy atom. The van der Waals surface area contributed by atoms with Gasteiger partial charge in [0, 0.05) is 17.7 Å². The Balaban J connectivity index is 1.57. The Morgan fingerprint density at radius 1 is 1.20 bits per heavy atom. The fraction of sp³-hybridized carbons (Fsp3) is 0.158. The third-order valence-corrected chi connectivity index (χ3v) is 3.60. The molecule has 1 amide bonds. The van der Waals surface area contributed by atoms with E-state index in [1.165, 1.54) is 23.8 Å². The van der Waals surface area contributed by atoms with Crippen molar-refractivity contribution in [2.75, 3.05) is 11.9 Å². The Kier molecular flexibility index (Phi) is 5.09. The molecule has 0 aliphatic carbocycles. The standard InChI is InChI=1S/C19H17FN2O3/c1-2-13-6-8-14(9-7-13)17-11-19(25-22-17)21-18(23)12-24-16-5-3-4-15(20)10-16/h3-11H,2,12H2,1H3,(H,21,23). The number of nitrogens with zero attached hydrogens (tertiary/aromatic N) is 1. The van der Waals surface area contributed by atoms with Crippen LogP contribution in [-0.2, 0) is 11.2 Å². The van der Waals surface area contributed by atoms with Gasteiger partial charge in [0.15, 0.2) is 6.61 Å². The molecule has 25 heavy (non-hydrogen) atoms. The molecule has 0 fully saturated rings. The van der Waals surface area contributed by atoms with Crippen molar-refractivity contribution in [3.05, 3.63) is 66.0 Å². The predicted octanol–water partition coefficient (Wildman–Crippen LogP) is 4.06. The summed E-state index contributed by atoms with van der Waals surface area (Å²) in [5.41, 5.74) is 2.76. The number of halogens is 1. The number of rotatable bonds is 6. The number of carbonyl (C=O) groups excluding carboxylic acids is 1. The van der Waals surface area contributed by atoms with E-state index in [1.54, 1.807) is 12.1 Å². The minimum absolute atomic E-state index is 0.224. The number of aryl methyl sites for hydroxylation is 1. The molecule has 0 saturated heterocycles. The molecule has 5 nitrogen and oxygen atoms in total. The third kappa shape index (κ3) is 4.44. The lowest BCUT2D eigenvalue weighted by Crippen LogP contribution is -2.19. The van der Waals surface area contributed by atoms with E-state index in [9.17, 15) is 9.18 Å². The lowest BCUT2D eigenvalue weighted by atomic mass is 10.1. The maximum atomic E-state index is 13.0. The Labute approximate surface area is 144 Å². The van der Waals surface area contributed by atoms with Gasteiger partial charge in [0.05, 0.1) is 0 Å². The van der Waals surface area contributed by atoms with Crippen LogP contribution in [0.3, 0.4) is 0 Å². The molecule has 128 valence electrons. The number of amides is 1. The molecule has 0 radical (unpaired) electrons. The highest BCUT2D eigenvalue weighted by Crippen LogP contribution is 2.22. The van der Waals surface area contributed by atoms with Gasteiger partial charge in [0.25, 0.3) is 5.91 Å². The van der Waals surface area contributed by atoms with Gasteiger partial charge in [0.2, 0.25) is 5.88 Å². The van der Waals surface area contributed by atoms with Crippen LogP contribution in [0.2, 0.25) is 0 Å². The van der Waals surface area contributed by atoms with Gasteiger partial charge in [-0.1, -0.05) is 42.4 Å². The molecule has 0 saturated carbocycles. The van der Waals surface area contributed by atoms with Gasteiger partial charge in [-0.15, -0.1) is 0 Å². The Morgan fingerprint density at radius 3 is 2.72 bits per heavy atom. The molecular formula is C19H17FN2O3. The zero-order valence-corrected chi connectivity index (χ0v) is 13.7. The molecule has 0 aliphatic rings. The fourth-order valence-corrected chi connectivity index (χ4v) is 2.26. The average Bonchev–Trinajstić information content (AvgIpc) is 3.08. The first-order valence-corrected chi connectivity index (χ1v) is 7.88. The SMILES string of the molecule is CCc1ccc(-c2cc(NC(=O)COc3cccc(F)c3)on2)cc1. The van der Waals surface area contributed by atoms with Gasteiger partial charge in [0.1, 0.15) is 17.3 Å². The number of hydrogen-bond acceptors (Lipinski definition) is 4. The normalized spacial score (nSPS) is 10.5. The van der Waals surface area contributed by atoms with Crippen LogP contribution in [-0.4, -0.2) is 17.7 Å². The maximum absolute atomic E-state index is 13.0. The molecule has 1 aromatic heterocycles. The summed E-state index contributed by atoms with van der Waals surface area (Å²) in [4.78, 5) is 11.9. The summed E-state index contributed by atoms with van der Waals surface area (Å²) in [6.07, 6.45) is 0.964. The summed E-state index contributed by atoms with van der Waals surface area (Å²) in [5.74, 6) is -0.341. The van der Waals surface area contributed by atoms with Crippen LogP contribution in [0.4, 0.5) is 10.3 Å². The Bertz CT molecular complexity index is 859. The Hall–Kier alpha value is -3.15. The van der Waals surface area contributed by atoms with Gasteiger partial charge < -0.3 is 9.26 Å². The lowest BCUT2D eigenvalue weighted by Gasteiger charge is -2.05. The van der Waals surface area contributed by atoms with E-state index in [1.807, 2.05) is 24.3 Å². The van der Waals surface area contributed by atoms with Crippen LogP contribution in [0.5, 0.6) is 5.75 Å². The smallest absolute Gasteiger partial charge is 0.264 e. The molecule has 0 bridgehead atoms. The molecule has 0 atom stereocenters. The molecule has 0 unspecified atom stereocenters. The number of benzene rings is 2. The van der Waals surface area contributed by atoms with Crippen LogP contribution in [0, 0.1) is 5.82 Å². The van der Waals surface area contributed by atoms with E-state index in [-0.39, 0.29) is 18.2 Å². The van der Waals surface area contributed by atoms with Crippen molar-refractivity contribution in [2.24, 2.45) is 0 Å². The van der Waals surface area contributed by atoms with Crippen molar-refractivity contribution < 1.29 is 18.4 Å². The third-order valence-electron chi connectivity index (χ3n) is 3.60. The highest BCUT2D eigenvalue weighted by atomic mass is 19.1. The zero-order chi connectivity index (χ0) is 17.6. The molecule has 1 N–H and O–H groups in total. The minimum Gasteiger partial charge on any atom is -0.484 e. The molecule has 0 aliphatic heterocycles. The highest BCUT2D eigenvalue weighted by Gasteiger charge is 2.10. The molecule has 2 aromatic carbocycles. The van der Waals surface area contributed by atoms with Crippen molar-refractivity contribution in [3.8, 4) is 17.0 Å². The number of carbonyl (C=O) groups is 1. The van der Waals surface area contributed by atoms with Crippen LogP contribution in [0.15, 0.2) is 59.1 Å². The predicted molar refractivity (Wildman–Crippen MR) is 91.8 cm³/mol. The average molecular weight is 340 g/mol. The second-order valence-corrected chi connectivity index (χ2v) is 5.42. The summed E-state index contributed by atoms with van der Waals surface area (Å²) in [6.45, 7) is 1.83. The van der Waals surface area contributed by atoms with Gasteiger partial charge in [-0.3, -0.25) is 10.1 Å². The quantitative estimate of drug-likeness (QED) is 0.735. The first kappa shape index (κ1) is 16.7. The number of anilines is 1. The van der Waals surface area contributed by atoms with Crippen molar-refractivity contribution in [1.82, 2.24) is 5.16 Å². The topological polar surface area (TPSA) is 64.4 Å². The van der Waals surface area contributed by atoms with E-state index in [0.29, 0.717) is 5.69 Å². The molecule has 3 rings (SSSR count). The molecule has 6 heteroatoms. The number of aromatic nitrogens is 1. The number of ether oxygens (including phenoxy) is 1. The maximum Gasteiger partial charge on any atom is 0.264 e. The number of hydrogen-bond donors (Lipinski definition) is 1. The summed E-state index contributed by atoms with van der Waals surface area (Å²) in [7, 11) is 0. The fourth-order valence-electron chi connectivity index (χ4n) is 2.26. The first-order chi connectivity index (χ1) is 12.1. The molecule has 1 heterocycles. The van der Waals surface area contributed by atoms with Crippen LogP contribution >= 0.6 is 0 Å². The van der Waals surface area contributed by atoms with E-state index in [0.717, 1.165) is 12.0 Å². The van der Waals surface area contributed by atoms with E-state index >= 15 is 0 Å². The van der Waals surface area contributed by atoms with Crippen LogP contribution < -0.4 is 10.1 Å². The molecule has 3 aromatic rings. The molecular weight excluding hydrogens is 323 g/mol. The monoisotopic (exact) mass is 340 g/mol. The first-order valence-electron chi connectivity index (χ1n) is 7.88. The molecule has 0 spiro atoms. The van der Waals surface area contributed by atoms with Crippen molar-refractivity contribution >= 4 is 11.8 Å². The summed E-state index contributed by atoms with van der Waals surface area (Å²) < 4.78 is 23.4. The van der Waals surface area contributed by atoms with Crippen LogP contribution in [0.1, 0.15) is 12.5 Å². The van der Waals surface area contributed by atoms with Gasteiger partial charge in [-0.25, -0.2) is 4.39 Å². The van der Waals surface area contributed by atoms with Crippen LogP contribution in [0.25, 0.3) is 11.3 Å². The van der Waals surface area contributed by atoms with Crippen molar-refractivity contribution in [1.29, 1.82) is 0 Å². The van der Waals surface area contributed by atoms with Gasteiger partial charge in [-0.2, -0.15) is 0 Å².